The Bertz CT molecular complexity index is 1380. The van der Waals surface area contributed by atoms with Crippen LogP contribution < -0.4 is 16.0 Å². The third-order valence-electron chi connectivity index (χ3n) is 10.8. The number of ketones is 2. The maximum absolute atomic E-state index is 14.3. The van der Waals surface area contributed by atoms with E-state index in [1.54, 1.807) is 20.8 Å². The monoisotopic (exact) mass is 744 g/mol. The maximum atomic E-state index is 14.3. The van der Waals surface area contributed by atoms with Gasteiger partial charge in [0.1, 0.15) is 18.1 Å². The first kappa shape index (κ1) is 43.3. The summed E-state index contributed by atoms with van der Waals surface area (Å²) < 4.78 is 9.70. The molecule has 2 aliphatic carbocycles. The Balaban J connectivity index is 1.83. The average Bonchev–Trinajstić information content (AvgIpc) is 3.53. The lowest BCUT2D eigenvalue weighted by molar-refractivity contribution is -0.150. The van der Waals surface area contributed by atoms with Gasteiger partial charge in [-0.1, -0.05) is 65.4 Å². The van der Waals surface area contributed by atoms with Crippen LogP contribution in [0.3, 0.4) is 0 Å². The number of allylic oxidation sites excluding steroid dienone is 1. The molecule has 14 heteroatoms. The molecule has 0 aromatic carbocycles. The highest BCUT2D eigenvalue weighted by Gasteiger charge is 2.46. The first-order chi connectivity index (χ1) is 25.1. The van der Waals surface area contributed by atoms with E-state index in [1.807, 2.05) is 0 Å². The number of methoxy groups -OCH3 is 2. The minimum absolute atomic E-state index is 0.0227. The van der Waals surface area contributed by atoms with E-state index in [1.165, 1.54) is 38.2 Å². The molecular formula is C39H60N4O10. The van der Waals surface area contributed by atoms with Gasteiger partial charge in [-0.15, -0.1) is 0 Å². The Morgan fingerprint density at radius 3 is 2.00 bits per heavy atom. The van der Waals surface area contributed by atoms with Crippen molar-refractivity contribution in [3.63, 3.8) is 0 Å². The summed E-state index contributed by atoms with van der Waals surface area (Å²) in [7, 11) is 2.56. The quantitative estimate of drug-likeness (QED) is 0.156. The molecule has 2 saturated carbocycles. The second-order valence-electron chi connectivity index (χ2n) is 15.9. The highest BCUT2D eigenvalue weighted by molar-refractivity contribution is 6.02. The number of ether oxygens (including phenoxy) is 2. The van der Waals surface area contributed by atoms with Crippen molar-refractivity contribution in [3.05, 3.63) is 12.2 Å². The molecule has 296 valence electrons. The van der Waals surface area contributed by atoms with Crippen molar-refractivity contribution < 1.29 is 47.8 Å². The molecule has 0 radical (unpaired) electrons. The van der Waals surface area contributed by atoms with Gasteiger partial charge in [0, 0.05) is 25.8 Å². The number of hydrogen-bond donors (Lipinski definition) is 3. The summed E-state index contributed by atoms with van der Waals surface area (Å²) in [4.78, 5) is 106. The van der Waals surface area contributed by atoms with Crippen molar-refractivity contribution >= 4 is 47.1 Å². The van der Waals surface area contributed by atoms with Crippen LogP contribution in [0.1, 0.15) is 118 Å². The molecule has 3 N–H and O–H groups in total. The van der Waals surface area contributed by atoms with Gasteiger partial charge >= 0.3 is 11.9 Å². The molecule has 1 saturated heterocycles. The predicted molar refractivity (Wildman–Crippen MR) is 195 cm³/mol. The van der Waals surface area contributed by atoms with Gasteiger partial charge in [-0.05, 0) is 55.8 Å². The number of esters is 2. The van der Waals surface area contributed by atoms with Crippen LogP contribution in [0.15, 0.2) is 12.2 Å². The fraction of sp³-hybridized carbons (Fsp3) is 0.744. The lowest BCUT2D eigenvalue weighted by Crippen LogP contribution is -2.61. The number of hydrogen-bond acceptors (Lipinski definition) is 10. The highest BCUT2D eigenvalue weighted by Crippen LogP contribution is 2.35. The van der Waals surface area contributed by atoms with Crippen molar-refractivity contribution in [1.29, 1.82) is 0 Å². The third-order valence-corrected chi connectivity index (χ3v) is 10.8. The first-order valence-electron chi connectivity index (χ1n) is 19.1. The van der Waals surface area contributed by atoms with Crippen molar-refractivity contribution in [2.75, 3.05) is 20.8 Å². The normalized spacial score (nSPS) is 20.9. The number of nitrogens with zero attached hydrogens (tertiary/aromatic N) is 1. The minimum atomic E-state index is -1.21. The molecule has 53 heavy (non-hydrogen) atoms. The van der Waals surface area contributed by atoms with Crippen LogP contribution in [0.4, 0.5) is 0 Å². The van der Waals surface area contributed by atoms with E-state index in [0.717, 1.165) is 64.2 Å². The molecule has 4 amide bonds. The van der Waals surface area contributed by atoms with Crippen LogP contribution in [-0.2, 0) is 47.8 Å². The number of nitrogens with one attached hydrogen (secondary N) is 3. The van der Waals surface area contributed by atoms with Crippen LogP contribution >= 0.6 is 0 Å². The Kier molecular flexibility index (Phi) is 16.7. The van der Waals surface area contributed by atoms with E-state index >= 15 is 0 Å². The first-order valence-corrected chi connectivity index (χ1v) is 19.1. The summed E-state index contributed by atoms with van der Waals surface area (Å²) in [5.74, 6) is -4.71. The fourth-order valence-electron chi connectivity index (χ4n) is 7.89. The molecule has 3 rings (SSSR count). The van der Waals surface area contributed by atoms with Crippen LogP contribution in [0.5, 0.6) is 0 Å². The molecule has 14 nitrogen and oxygen atoms in total. The van der Waals surface area contributed by atoms with E-state index in [9.17, 15) is 38.4 Å². The molecule has 5 atom stereocenters. The Morgan fingerprint density at radius 1 is 0.849 bits per heavy atom. The van der Waals surface area contributed by atoms with Crippen LogP contribution in [-0.4, -0.2) is 97.0 Å². The van der Waals surface area contributed by atoms with E-state index in [2.05, 4.69) is 20.7 Å². The van der Waals surface area contributed by atoms with Gasteiger partial charge in [-0.25, -0.2) is 4.79 Å². The van der Waals surface area contributed by atoms with Crippen molar-refractivity contribution in [2.24, 2.45) is 23.2 Å². The van der Waals surface area contributed by atoms with Gasteiger partial charge in [-0.2, -0.15) is 0 Å². The standard InChI is InChI=1S/C39H60N4O10/c1-24(44)40-29(19-13-14-20-32(47)52-5)35(48)42-34(39(2,3)4)37(50)43-23-27(45)21-30(43)36(49)41-33(26-17-11-8-12-18-26)31(46)22-28(38(51)53-6)25-15-9-7-10-16-25/h14,20,25-26,28-30,33-34H,7-13,15-19,21-23H2,1-6H3,(H,40,44)(H,41,49)(H,42,48)/b20-14+/t28-,29-,30-,33-,34+/m0/s1. The number of carbonyl (C=O) groups excluding carboxylic acids is 8. The number of carbonyl (C=O) groups is 8. The molecule has 0 aromatic rings. The lowest BCUT2D eigenvalue weighted by atomic mass is 9.75. The topological polar surface area (TPSA) is 194 Å². The van der Waals surface area contributed by atoms with Crippen LogP contribution in [0, 0.1) is 23.2 Å². The molecule has 3 fully saturated rings. The van der Waals surface area contributed by atoms with Gasteiger partial charge in [0.05, 0.1) is 32.7 Å². The second-order valence-corrected chi connectivity index (χ2v) is 15.9. The summed E-state index contributed by atoms with van der Waals surface area (Å²) in [6.45, 7) is 6.11. The summed E-state index contributed by atoms with van der Waals surface area (Å²) in [6.07, 6.45) is 11.7. The number of rotatable bonds is 16. The summed E-state index contributed by atoms with van der Waals surface area (Å²) >= 11 is 0. The summed E-state index contributed by atoms with van der Waals surface area (Å²) in [6, 6.07) is -4.34. The second kappa shape index (κ2) is 20.4. The Morgan fingerprint density at radius 2 is 1.45 bits per heavy atom. The molecule has 0 bridgehead atoms. The van der Waals surface area contributed by atoms with Gasteiger partial charge in [0.2, 0.25) is 23.6 Å². The van der Waals surface area contributed by atoms with Gasteiger partial charge in [0.25, 0.3) is 0 Å². The zero-order chi connectivity index (χ0) is 39.3. The van der Waals surface area contributed by atoms with Crippen LogP contribution in [0.25, 0.3) is 0 Å². The molecule has 1 heterocycles. The molecule has 0 unspecified atom stereocenters. The lowest BCUT2D eigenvalue weighted by Gasteiger charge is -2.37. The Hall–Kier alpha value is -4.10. The minimum Gasteiger partial charge on any atom is -0.469 e. The highest BCUT2D eigenvalue weighted by atomic mass is 16.5. The summed E-state index contributed by atoms with van der Waals surface area (Å²) in [5, 5.41) is 8.27. The van der Waals surface area contributed by atoms with E-state index in [-0.39, 0.29) is 55.6 Å². The van der Waals surface area contributed by atoms with Crippen molar-refractivity contribution in [1.82, 2.24) is 20.9 Å². The fourth-order valence-corrected chi connectivity index (χ4v) is 7.89. The Labute approximate surface area is 313 Å². The van der Waals surface area contributed by atoms with Crippen LogP contribution in [0.2, 0.25) is 0 Å². The average molecular weight is 745 g/mol. The van der Waals surface area contributed by atoms with Gasteiger partial charge < -0.3 is 30.3 Å². The van der Waals surface area contributed by atoms with Crippen molar-refractivity contribution in [3.8, 4) is 0 Å². The van der Waals surface area contributed by atoms with Crippen molar-refractivity contribution in [2.45, 2.75) is 142 Å². The molecular weight excluding hydrogens is 684 g/mol. The smallest absolute Gasteiger partial charge is 0.330 e. The largest absolute Gasteiger partial charge is 0.469 e. The maximum Gasteiger partial charge on any atom is 0.330 e. The number of likely N-dealkylation sites (tertiary alicyclic amines) is 1. The molecule has 1 aliphatic heterocycles. The molecule has 3 aliphatic rings. The predicted octanol–water partition coefficient (Wildman–Crippen LogP) is 3.10. The number of amides is 4. The van der Waals surface area contributed by atoms with Gasteiger partial charge in [0.15, 0.2) is 11.6 Å². The third kappa shape index (κ3) is 12.8. The van der Waals surface area contributed by atoms with E-state index in [4.69, 9.17) is 4.74 Å². The zero-order valence-corrected chi connectivity index (χ0v) is 32.3. The number of Topliss-reactive ketones (excluding diaryl/α,β-unsaturated/α-hetero) is 2. The van der Waals surface area contributed by atoms with E-state index in [0.29, 0.717) is 0 Å². The zero-order valence-electron chi connectivity index (χ0n) is 32.3. The molecule has 0 aromatic heterocycles. The van der Waals surface area contributed by atoms with E-state index < -0.39 is 71.1 Å². The van der Waals surface area contributed by atoms with Gasteiger partial charge in [-0.3, -0.25) is 33.6 Å². The molecule has 0 spiro atoms. The SMILES string of the molecule is COC(=O)/C=C/CC[C@H](NC(C)=O)C(=O)N[C@H](C(=O)N1CC(=O)C[C@H]1C(=O)N[C@H](C(=O)C[C@H](C(=O)OC)C1CCCCC1)C1CCCCC1)C(C)(C)C. The summed E-state index contributed by atoms with van der Waals surface area (Å²) in [5.41, 5.74) is -0.881.